The third kappa shape index (κ3) is 4.61. The van der Waals surface area contributed by atoms with Gasteiger partial charge in [-0.15, -0.1) is 11.3 Å². The molecule has 0 radical (unpaired) electrons. The van der Waals surface area contributed by atoms with Gasteiger partial charge in [-0.3, -0.25) is 14.3 Å². The Morgan fingerprint density at radius 3 is 2.66 bits per heavy atom. The van der Waals surface area contributed by atoms with Crippen LogP contribution in [0.15, 0.2) is 72.1 Å². The van der Waals surface area contributed by atoms with Gasteiger partial charge in [0.15, 0.2) is 0 Å². The molecule has 0 spiro atoms. The van der Waals surface area contributed by atoms with Crippen molar-refractivity contribution in [1.29, 1.82) is 0 Å². The molecule has 0 bridgehead atoms. The molecule has 5 rings (SSSR count). The van der Waals surface area contributed by atoms with Crippen molar-refractivity contribution in [2.24, 2.45) is 0 Å². The van der Waals surface area contributed by atoms with Gasteiger partial charge in [0, 0.05) is 18.1 Å². The first kappa shape index (κ1) is 23.3. The van der Waals surface area contributed by atoms with Gasteiger partial charge in [-0.05, 0) is 54.6 Å². The lowest BCUT2D eigenvalue weighted by atomic mass is 9.94. The maximum absolute atomic E-state index is 13.8. The molecular formula is C27H25ClN4O2S. The van der Waals surface area contributed by atoms with Crippen LogP contribution in [-0.4, -0.2) is 32.0 Å². The van der Waals surface area contributed by atoms with Crippen LogP contribution in [0, 0.1) is 6.92 Å². The highest BCUT2D eigenvalue weighted by Gasteiger charge is 2.48. The minimum Gasteiger partial charge on any atom is -0.350 e. The minimum atomic E-state index is -1.14. The van der Waals surface area contributed by atoms with Crippen molar-refractivity contribution < 1.29 is 9.59 Å². The van der Waals surface area contributed by atoms with Crippen LogP contribution in [0.3, 0.4) is 0 Å². The molecule has 2 aromatic heterocycles. The topological polar surface area (TPSA) is 67.2 Å². The van der Waals surface area contributed by atoms with Crippen LogP contribution in [0.1, 0.15) is 34.1 Å². The van der Waals surface area contributed by atoms with E-state index in [0.717, 1.165) is 27.3 Å². The zero-order valence-corrected chi connectivity index (χ0v) is 21.1. The molecule has 1 aliphatic heterocycles. The van der Waals surface area contributed by atoms with Crippen molar-refractivity contribution in [2.45, 2.75) is 39.0 Å². The Hall–Kier alpha value is -3.42. The number of hydrogen-bond acceptors (Lipinski definition) is 4. The number of nitrogens with one attached hydrogen (secondary N) is 1. The van der Waals surface area contributed by atoms with Crippen LogP contribution in [0.4, 0.5) is 0 Å². The average molecular weight is 505 g/mol. The molecule has 1 atom stereocenters. The van der Waals surface area contributed by atoms with Crippen LogP contribution in [0.25, 0.3) is 10.6 Å². The summed E-state index contributed by atoms with van der Waals surface area (Å²) in [5, 5.41) is 10.3. The second kappa shape index (κ2) is 9.32. The fourth-order valence-electron chi connectivity index (χ4n) is 4.45. The van der Waals surface area contributed by atoms with Gasteiger partial charge in [-0.25, -0.2) is 0 Å². The van der Waals surface area contributed by atoms with E-state index in [4.69, 9.17) is 11.6 Å². The first-order valence-electron chi connectivity index (χ1n) is 11.4. The number of rotatable bonds is 6. The second-order valence-electron chi connectivity index (χ2n) is 9.02. The number of halogens is 1. The van der Waals surface area contributed by atoms with E-state index < -0.39 is 5.54 Å². The highest BCUT2D eigenvalue weighted by atomic mass is 35.5. The van der Waals surface area contributed by atoms with Crippen molar-refractivity contribution in [1.82, 2.24) is 20.0 Å². The molecule has 6 nitrogen and oxygen atoms in total. The Morgan fingerprint density at radius 1 is 1.11 bits per heavy atom. The molecule has 2 aromatic carbocycles. The minimum absolute atomic E-state index is 0.229. The Morgan fingerprint density at radius 2 is 1.91 bits per heavy atom. The van der Waals surface area contributed by atoms with Gasteiger partial charge in [-0.2, -0.15) is 5.10 Å². The zero-order chi connectivity index (χ0) is 24.6. The summed E-state index contributed by atoms with van der Waals surface area (Å²) >= 11 is 7.77. The van der Waals surface area contributed by atoms with Crippen LogP contribution >= 0.6 is 22.9 Å². The van der Waals surface area contributed by atoms with E-state index in [9.17, 15) is 9.59 Å². The van der Waals surface area contributed by atoms with Crippen LogP contribution in [0.5, 0.6) is 0 Å². The predicted octanol–water partition coefficient (Wildman–Crippen LogP) is 5.30. The van der Waals surface area contributed by atoms with Crippen LogP contribution < -0.4 is 5.32 Å². The van der Waals surface area contributed by atoms with E-state index >= 15 is 0 Å². The SMILES string of the molecule is Cc1cccc(CNC(=O)[C@@]2(C)Cn3nc(-c4cccs4)cc3C(=O)N2Cc2cccc(Cl)c2)c1. The van der Waals surface area contributed by atoms with Gasteiger partial charge in [0.2, 0.25) is 5.91 Å². The van der Waals surface area contributed by atoms with E-state index in [1.807, 2.05) is 73.0 Å². The van der Waals surface area contributed by atoms with Crippen molar-refractivity contribution in [3.8, 4) is 10.6 Å². The number of amides is 2. The quantitative estimate of drug-likeness (QED) is 0.387. The summed E-state index contributed by atoms with van der Waals surface area (Å²) in [6, 6.07) is 21.1. The molecule has 3 heterocycles. The van der Waals surface area contributed by atoms with E-state index in [0.29, 0.717) is 17.3 Å². The standard InChI is InChI=1S/C27H25ClN4O2S/c1-18-6-3-7-19(12-18)15-29-26(34)27(2)17-32-23(14-22(30-32)24-10-5-11-35-24)25(33)31(27)16-20-8-4-9-21(28)13-20/h3-14H,15-17H2,1-2H3,(H,29,34)/t27-/m1/s1. The number of carbonyl (C=O) groups is 2. The molecular weight excluding hydrogens is 480 g/mol. The monoisotopic (exact) mass is 504 g/mol. The molecule has 8 heteroatoms. The lowest BCUT2D eigenvalue weighted by molar-refractivity contribution is -0.133. The van der Waals surface area contributed by atoms with E-state index in [1.54, 1.807) is 33.9 Å². The number of nitrogens with zero attached hydrogens (tertiary/aromatic N) is 3. The molecule has 4 aromatic rings. The molecule has 0 unspecified atom stereocenters. The number of aryl methyl sites for hydroxylation is 1. The van der Waals surface area contributed by atoms with Crippen molar-refractivity contribution in [3.63, 3.8) is 0 Å². The summed E-state index contributed by atoms with van der Waals surface area (Å²) in [5.74, 6) is -0.465. The number of benzene rings is 2. The van der Waals surface area contributed by atoms with Gasteiger partial charge in [0.1, 0.15) is 16.9 Å². The van der Waals surface area contributed by atoms with Gasteiger partial charge in [0.05, 0.1) is 11.4 Å². The van der Waals surface area contributed by atoms with E-state index in [-0.39, 0.29) is 24.9 Å². The van der Waals surface area contributed by atoms with Gasteiger partial charge >= 0.3 is 0 Å². The van der Waals surface area contributed by atoms with Crippen molar-refractivity contribution >= 4 is 34.8 Å². The molecule has 1 N–H and O–H groups in total. The molecule has 1 aliphatic rings. The smallest absolute Gasteiger partial charge is 0.273 e. The maximum Gasteiger partial charge on any atom is 0.273 e. The Balaban J connectivity index is 1.49. The maximum atomic E-state index is 13.8. The highest BCUT2D eigenvalue weighted by molar-refractivity contribution is 7.13. The number of fused-ring (bicyclic) bond motifs is 1. The Labute approximate surface area is 213 Å². The molecule has 35 heavy (non-hydrogen) atoms. The molecule has 178 valence electrons. The van der Waals surface area contributed by atoms with E-state index in [1.165, 1.54) is 0 Å². The Bertz CT molecular complexity index is 1400. The largest absolute Gasteiger partial charge is 0.350 e. The highest BCUT2D eigenvalue weighted by Crippen LogP contribution is 2.33. The normalized spacial score (nSPS) is 17.3. The van der Waals surface area contributed by atoms with Crippen LogP contribution in [0.2, 0.25) is 5.02 Å². The van der Waals surface area contributed by atoms with Gasteiger partial charge in [-0.1, -0.05) is 59.6 Å². The lowest BCUT2D eigenvalue weighted by Gasteiger charge is -2.43. The van der Waals surface area contributed by atoms with Gasteiger partial charge < -0.3 is 10.2 Å². The second-order valence-corrected chi connectivity index (χ2v) is 10.4. The fraction of sp³-hybridized carbons (Fsp3) is 0.222. The molecule has 2 amide bonds. The number of carbonyl (C=O) groups excluding carboxylic acids is 2. The third-order valence-corrected chi connectivity index (χ3v) is 7.45. The van der Waals surface area contributed by atoms with Crippen molar-refractivity contribution in [3.05, 3.63) is 99.5 Å². The summed E-state index contributed by atoms with van der Waals surface area (Å²) in [4.78, 5) is 30.1. The molecule has 0 fully saturated rings. The van der Waals surface area contributed by atoms with Gasteiger partial charge in [0.25, 0.3) is 5.91 Å². The summed E-state index contributed by atoms with van der Waals surface area (Å²) in [5.41, 5.74) is 3.05. The number of aromatic nitrogens is 2. The van der Waals surface area contributed by atoms with E-state index in [2.05, 4.69) is 10.4 Å². The summed E-state index contributed by atoms with van der Waals surface area (Å²) in [7, 11) is 0. The summed E-state index contributed by atoms with van der Waals surface area (Å²) in [6.45, 7) is 4.70. The summed E-state index contributed by atoms with van der Waals surface area (Å²) in [6.07, 6.45) is 0. The average Bonchev–Trinajstić information content (AvgIpc) is 3.50. The molecule has 0 saturated carbocycles. The fourth-order valence-corrected chi connectivity index (χ4v) is 5.34. The zero-order valence-electron chi connectivity index (χ0n) is 19.5. The van der Waals surface area contributed by atoms with Crippen molar-refractivity contribution in [2.75, 3.05) is 0 Å². The molecule has 0 saturated heterocycles. The Kier molecular flexibility index (Phi) is 6.21. The molecule has 0 aliphatic carbocycles. The van der Waals surface area contributed by atoms with Crippen LogP contribution in [-0.2, 0) is 24.4 Å². The predicted molar refractivity (Wildman–Crippen MR) is 138 cm³/mol. The summed E-state index contributed by atoms with van der Waals surface area (Å²) < 4.78 is 1.66. The number of thiophene rings is 1. The first-order valence-corrected chi connectivity index (χ1v) is 12.6. The third-order valence-electron chi connectivity index (χ3n) is 6.33. The lowest BCUT2D eigenvalue weighted by Crippen LogP contribution is -2.63. The first-order chi connectivity index (χ1) is 16.8. The number of hydrogen-bond donors (Lipinski definition) is 1.